The second kappa shape index (κ2) is 7.01. The molecule has 0 N–H and O–H groups in total. The molecule has 30 heavy (non-hydrogen) atoms. The monoisotopic (exact) mass is 424 g/mol. The molecule has 4 heterocycles. The van der Waals surface area contributed by atoms with Gasteiger partial charge in [-0.05, 0) is 12.1 Å². The lowest BCUT2D eigenvalue weighted by atomic mass is 9.95. The van der Waals surface area contributed by atoms with E-state index < -0.39 is 0 Å². The lowest BCUT2D eigenvalue weighted by Crippen LogP contribution is -1.89. The maximum atomic E-state index is 4.61. The lowest BCUT2D eigenvalue weighted by Gasteiger charge is -2.09. The number of aromatic nitrogens is 6. The van der Waals surface area contributed by atoms with Crippen LogP contribution in [0.2, 0.25) is 0 Å². The molecule has 4 aromatic heterocycles. The first kappa shape index (κ1) is 17.3. The van der Waals surface area contributed by atoms with E-state index in [-0.39, 0.29) is 0 Å². The van der Waals surface area contributed by atoms with E-state index in [1.54, 1.807) is 12.4 Å². The molecule has 0 unspecified atom stereocenters. The highest BCUT2D eigenvalue weighted by atomic mass is 32.1. The molecule has 0 aliphatic heterocycles. The van der Waals surface area contributed by atoms with Crippen molar-refractivity contribution in [3.8, 4) is 33.4 Å². The average molecular weight is 425 g/mol. The molecule has 0 aliphatic rings. The van der Waals surface area contributed by atoms with E-state index in [0.717, 1.165) is 55.4 Å². The number of benzene rings is 2. The number of pyridine rings is 2. The summed E-state index contributed by atoms with van der Waals surface area (Å²) in [4.78, 5) is 8.48. The molecule has 0 amide bonds. The summed E-state index contributed by atoms with van der Waals surface area (Å²) < 4.78 is 18.4. The number of hydrogen-bond donors (Lipinski definition) is 0. The minimum absolute atomic E-state index is 0.866. The van der Waals surface area contributed by atoms with Crippen molar-refractivity contribution in [2.45, 2.75) is 0 Å². The summed E-state index contributed by atoms with van der Waals surface area (Å²) in [6, 6.07) is 16.3. The minimum Gasteiger partial charge on any atom is -0.264 e. The van der Waals surface area contributed by atoms with Crippen LogP contribution in [0.25, 0.3) is 55.4 Å². The smallest absolute Gasteiger partial charge is 0.113 e. The molecule has 0 saturated heterocycles. The van der Waals surface area contributed by atoms with E-state index in [1.165, 1.54) is 23.5 Å². The molecule has 8 heteroatoms. The standard InChI is InChI=1S/C22H12N6S2/c1-3-13(11-23-9-1)15-5-7-17(21-19(15)25-29-27-21)18-8-6-16(14-4-2-10-24-12-14)20-22(18)28-30-26-20/h1-12H. The first-order valence-corrected chi connectivity index (χ1v) is 10.7. The Labute approximate surface area is 179 Å². The molecule has 6 nitrogen and oxygen atoms in total. The Balaban J connectivity index is 1.57. The average Bonchev–Trinajstić information content (AvgIpc) is 3.49. The fraction of sp³-hybridized carbons (Fsp3) is 0. The van der Waals surface area contributed by atoms with Crippen LogP contribution in [0, 0.1) is 0 Å². The van der Waals surface area contributed by atoms with Crippen molar-refractivity contribution in [3.63, 3.8) is 0 Å². The number of fused-ring (bicyclic) bond motifs is 2. The SMILES string of the molecule is c1cncc(-c2ccc(-c3ccc(-c4cccnc4)c4nsnc34)c3nsnc23)c1. The van der Waals surface area contributed by atoms with E-state index >= 15 is 0 Å². The highest BCUT2D eigenvalue weighted by molar-refractivity contribution is 7.00. The van der Waals surface area contributed by atoms with Gasteiger partial charge in [-0.15, -0.1) is 0 Å². The zero-order valence-corrected chi connectivity index (χ0v) is 17.1. The third-order valence-electron chi connectivity index (χ3n) is 5.07. The highest BCUT2D eigenvalue weighted by Gasteiger charge is 2.18. The van der Waals surface area contributed by atoms with Crippen LogP contribution in [0.1, 0.15) is 0 Å². The van der Waals surface area contributed by atoms with E-state index in [2.05, 4.69) is 51.7 Å². The van der Waals surface area contributed by atoms with Gasteiger partial charge in [0.15, 0.2) is 0 Å². The highest BCUT2D eigenvalue weighted by Crippen LogP contribution is 2.39. The van der Waals surface area contributed by atoms with Crippen LogP contribution in [0.3, 0.4) is 0 Å². The minimum atomic E-state index is 0.866. The molecule has 6 rings (SSSR count). The van der Waals surface area contributed by atoms with E-state index in [4.69, 9.17) is 0 Å². The second-order valence-electron chi connectivity index (χ2n) is 6.73. The summed E-state index contributed by atoms with van der Waals surface area (Å²) in [6.45, 7) is 0. The van der Waals surface area contributed by atoms with Gasteiger partial charge in [-0.2, -0.15) is 17.5 Å². The van der Waals surface area contributed by atoms with Gasteiger partial charge in [0.05, 0.1) is 23.5 Å². The first-order valence-electron chi connectivity index (χ1n) is 9.22. The van der Waals surface area contributed by atoms with Crippen molar-refractivity contribution in [3.05, 3.63) is 73.3 Å². The predicted molar refractivity (Wildman–Crippen MR) is 120 cm³/mol. The van der Waals surface area contributed by atoms with Crippen LogP contribution in [0.4, 0.5) is 0 Å². The summed E-state index contributed by atoms with van der Waals surface area (Å²) in [7, 11) is 0. The van der Waals surface area contributed by atoms with E-state index in [1.807, 2.05) is 36.7 Å². The zero-order chi connectivity index (χ0) is 19.9. The van der Waals surface area contributed by atoms with Crippen molar-refractivity contribution < 1.29 is 0 Å². The molecule has 142 valence electrons. The van der Waals surface area contributed by atoms with Gasteiger partial charge in [0.25, 0.3) is 0 Å². The van der Waals surface area contributed by atoms with Gasteiger partial charge in [-0.25, -0.2) is 0 Å². The van der Waals surface area contributed by atoms with Crippen LogP contribution in [-0.4, -0.2) is 27.5 Å². The van der Waals surface area contributed by atoms with Crippen LogP contribution >= 0.6 is 23.5 Å². The molecule has 6 aromatic rings. The molecule has 0 bridgehead atoms. The Kier molecular flexibility index (Phi) is 4.03. The van der Waals surface area contributed by atoms with E-state index in [9.17, 15) is 0 Å². The number of rotatable bonds is 3. The van der Waals surface area contributed by atoms with Gasteiger partial charge in [0.1, 0.15) is 22.1 Å². The van der Waals surface area contributed by atoms with Crippen molar-refractivity contribution in [2.75, 3.05) is 0 Å². The van der Waals surface area contributed by atoms with Crippen molar-refractivity contribution in [1.82, 2.24) is 27.5 Å². The summed E-state index contributed by atoms with van der Waals surface area (Å²) in [6.07, 6.45) is 7.23. The largest absolute Gasteiger partial charge is 0.264 e. The van der Waals surface area contributed by atoms with Gasteiger partial charge in [0, 0.05) is 58.2 Å². The Hall–Kier alpha value is -3.62. The molecule has 0 atom stereocenters. The molecular formula is C22H12N6S2. The van der Waals surface area contributed by atoms with Gasteiger partial charge >= 0.3 is 0 Å². The maximum absolute atomic E-state index is 4.61. The van der Waals surface area contributed by atoms with Crippen molar-refractivity contribution in [1.29, 1.82) is 0 Å². The Morgan fingerprint density at radius 1 is 0.467 bits per heavy atom. The van der Waals surface area contributed by atoms with E-state index in [0.29, 0.717) is 0 Å². The fourth-order valence-electron chi connectivity index (χ4n) is 3.68. The maximum Gasteiger partial charge on any atom is 0.113 e. The van der Waals surface area contributed by atoms with Crippen LogP contribution in [0.5, 0.6) is 0 Å². The molecule has 0 fully saturated rings. The van der Waals surface area contributed by atoms with Gasteiger partial charge in [-0.3, -0.25) is 9.97 Å². The quantitative estimate of drug-likeness (QED) is 0.374. The third-order valence-corrected chi connectivity index (χ3v) is 6.12. The summed E-state index contributed by atoms with van der Waals surface area (Å²) in [5.74, 6) is 0. The summed E-state index contributed by atoms with van der Waals surface area (Å²) >= 11 is 2.43. The second-order valence-corrected chi connectivity index (χ2v) is 7.78. The molecular weight excluding hydrogens is 412 g/mol. The van der Waals surface area contributed by atoms with Crippen molar-refractivity contribution in [2.24, 2.45) is 0 Å². The molecule has 0 spiro atoms. The molecule has 0 aliphatic carbocycles. The summed E-state index contributed by atoms with van der Waals surface area (Å²) in [5, 5.41) is 0. The third kappa shape index (κ3) is 2.69. The number of hydrogen-bond acceptors (Lipinski definition) is 8. The van der Waals surface area contributed by atoms with Crippen LogP contribution < -0.4 is 0 Å². The van der Waals surface area contributed by atoms with Crippen LogP contribution in [0.15, 0.2) is 73.3 Å². The van der Waals surface area contributed by atoms with Crippen LogP contribution in [-0.2, 0) is 0 Å². The van der Waals surface area contributed by atoms with Gasteiger partial charge in [-0.1, -0.05) is 36.4 Å². The summed E-state index contributed by atoms with van der Waals surface area (Å²) in [5.41, 5.74) is 9.57. The van der Waals surface area contributed by atoms with Crippen molar-refractivity contribution >= 4 is 45.5 Å². The molecule has 0 saturated carbocycles. The first-order chi connectivity index (χ1) is 14.9. The Bertz CT molecular complexity index is 1380. The number of nitrogens with zero attached hydrogens (tertiary/aromatic N) is 6. The fourth-order valence-corrected chi connectivity index (χ4v) is 4.83. The molecule has 2 aromatic carbocycles. The Morgan fingerprint density at radius 2 is 0.867 bits per heavy atom. The Morgan fingerprint density at radius 3 is 1.27 bits per heavy atom. The van der Waals surface area contributed by atoms with Gasteiger partial charge in [0.2, 0.25) is 0 Å². The zero-order valence-electron chi connectivity index (χ0n) is 15.4. The molecule has 0 radical (unpaired) electrons. The lowest BCUT2D eigenvalue weighted by molar-refractivity contribution is 1.33. The normalized spacial score (nSPS) is 11.3. The van der Waals surface area contributed by atoms with Gasteiger partial charge < -0.3 is 0 Å². The topological polar surface area (TPSA) is 77.3 Å². The predicted octanol–water partition coefficient (Wildman–Crippen LogP) is 5.49.